The Morgan fingerprint density at radius 2 is 1.90 bits per heavy atom. The summed E-state index contributed by atoms with van der Waals surface area (Å²) >= 11 is 0. The van der Waals surface area contributed by atoms with Crippen molar-refractivity contribution in [2.75, 3.05) is 0 Å². The van der Waals surface area contributed by atoms with Crippen LogP contribution in [0.4, 0.5) is 0 Å². The Hall–Kier alpha value is -2.20. The summed E-state index contributed by atoms with van der Waals surface area (Å²) in [7, 11) is 0. The quantitative estimate of drug-likeness (QED) is 0.869. The van der Waals surface area contributed by atoms with Crippen molar-refractivity contribution in [2.24, 2.45) is 0 Å². The smallest absolute Gasteiger partial charge is 0.357 e. The van der Waals surface area contributed by atoms with Gasteiger partial charge in [0, 0.05) is 5.56 Å². The zero-order chi connectivity index (χ0) is 14.5. The van der Waals surface area contributed by atoms with E-state index < -0.39 is 5.97 Å². The first-order valence-electron chi connectivity index (χ1n) is 6.48. The molecule has 0 aliphatic heterocycles. The van der Waals surface area contributed by atoms with Gasteiger partial charge in [-0.15, -0.1) is 0 Å². The zero-order valence-corrected chi connectivity index (χ0v) is 11.5. The Balaban J connectivity index is 2.26. The van der Waals surface area contributed by atoms with Gasteiger partial charge in [-0.2, -0.15) is 0 Å². The van der Waals surface area contributed by atoms with Crippen LogP contribution in [-0.2, 0) is 11.3 Å². The molecule has 0 bridgehead atoms. The fraction of sp³-hybridized carbons (Fsp3) is 0.250. The lowest BCUT2D eigenvalue weighted by molar-refractivity contribution is 0.0371. The molecular weight excluding hydrogens is 254 g/mol. The molecule has 20 heavy (non-hydrogen) atoms. The molecule has 1 N–H and O–H groups in total. The summed E-state index contributed by atoms with van der Waals surface area (Å²) in [5.41, 5.74) is 2.72. The lowest BCUT2D eigenvalue weighted by Gasteiger charge is -2.08. The minimum atomic E-state index is -0.422. The number of hydrogen-bond donors (Lipinski definition) is 1. The number of esters is 1. The Kier molecular flexibility index (Phi) is 4.48. The molecule has 0 unspecified atom stereocenters. The summed E-state index contributed by atoms with van der Waals surface area (Å²) in [4.78, 5) is 16.1. The van der Waals surface area contributed by atoms with Crippen molar-refractivity contribution in [1.29, 1.82) is 0 Å². The molecule has 0 fully saturated rings. The van der Waals surface area contributed by atoms with Crippen LogP contribution in [0.5, 0.6) is 0 Å². The van der Waals surface area contributed by atoms with E-state index in [-0.39, 0.29) is 12.7 Å². The minimum absolute atomic E-state index is 0.00840. The number of hydrogen-bond acceptors (Lipinski definition) is 4. The molecule has 2 aromatic rings. The number of aromatic nitrogens is 1. The highest BCUT2D eigenvalue weighted by molar-refractivity contribution is 5.88. The molecule has 0 aliphatic carbocycles. The number of aliphatic hydroxyl groups is 1. The van der Waals surface area contributed by atoms with E-state index in [0.717, 1.165) is 11.1 Å². The van der Waals surface area contributed by atoms with Gasteiger partial charge in [-0.1, -0.05) is 30.3 Å². The first-order chi connectivity index (χ1) is 9.60. The Labute approximate surface area is 118 Å². The molecule has 1 aromatic carbocycles. The number of ether oxygens (including phenoxy) is 1. The summed E-state index contributed by atoms with van der Waals surface area (Å²) in [6.45, 7) is 3.61. The third-order valence-electron chi connectivity index (χ3n) is 2.73. The third-order valence-corrected chi connectivity index (χ3v) is 2.73. The number of carbonyl (C=O) groups is 1. The number of aliphatic hydroxyl groups excluding tert-OH is 1. The normalized spacial score (nSPS) is 10.6. The largest absolute Gasteiger partial charge is 0.458 e. The van der Waals surface area contributed by atoms with Crippen LogP contribution in [-0.4, -0.2) is 22.2 Å². The number of rotatable bonds is 4. The Morgan fingerprint density at radius 3 is 2.50 bits per heavy atom. The lowest BCUT2D eigenvalue weighted by Crippen LogP contribution is -2.13. The fourth-order valence-corrected chi connectivity index (χ4v) is 1.76. The highest BCUT2D eigenvalue weighted by Crippen LogP contribution is 2.18. The Morgan fingerprint density at radius 1 is 1.20 bits per heavy atom. The van der Waals surface area contributed by atoms with Gasteiger partial charge in [-0.3, -0.25) is 0 Å². The van der Waals surface area contributed by atoms with Crippen molar-refractivity contribution in [1.82, 2.24) is 4.98 Å². The van der Waals surface area contributed by atoms with Crippen molar-refractivity contribution in [2.45, 2.75) is 26.6 Å². The van der Waals surface area contributed by atoms with Crippen molar-refractivity contribution in [3.8, 4) is 11.3 Å². The number of benzene rings is 1. The van der Waals surface area contributed by atoms with E-state index in [1.807, 2.05) is 30.3 Å². The maximum absolute atomic E-state index is 11.8. The van der Waals surface area contributed by atoms with Crippen LogP contribution >= 0.6 is 0 Å². The molecule has 104 valence electrons. The van der Waals surface area contributed by atoms with E-state index in [1.165, 1.54) is 0 Å². The van der Waals surface area contributed by atoms with E-state index in [0.29, 0.717) is 11.4 Å². The molecule has 0 saturated heterocycles. The van der Waals surface area contributed by atoms with Crippen LogP contribution in [0.25, 0.3) is 11.3 Å². The van der Waals surface area contributed by atoms with Gasteiger partial charge >= 0.3 is 5.97 Å². The molecule has 1 aromatic heterocycles. The second-order valence-electron chi connectivity index (χ2n) is 4.72. The first-order valence-corrected chi connectivity index (χ1v) is 6.48. The molecule has 0 atom stereocenters. The molecule has 0 saturated carbocycles. The molecule has 0 aliphatic rings. The van der Waals surface area contributed by atoms with Gasteiger partial charge in [0.05, 0.1) is 18.4 Å². The third kappa shape index (κ3) is 3.42. The lowest BCUT2D eigenvalue weighted by atomic mass is 10.1. The van der Waals surface area contributed by atoms with Crippen LogP contribution in [0.3, 0.4) is 0 Å². The predicted molar refractivity (Wildman–Crippen MR) is 76.1 cm³/mol. The van der Waals surface area contributed by atoms with Gasteiger partial charge < -0.3 is 9.84 Å². The van der Waals surface area contributed by atoms with Crippen molar-refractivity contribution in [3.05, 3.63) is 53.7 Å². The second kappa shape index (κ2) is 6.30. The maximum atomic E-state index is 11.8. The van der Waals surface area contributed by atoms with Gasteiger partial charge in [0.25, 0.3) is 0 Å². The van der Waals surface area contributed by atoms with E-state index >= 15 is 0 Å². The number of nitrogens with zero attached hydrogens (tertiary/aromatic N) is 1. The van der Waals surface area contributed by atoms with Gasteiger partial charge in [0.1, 0.15) is 5.69 Å². The number of carbonyl (C=O) groups excluding carboxylic acids is 1. The average Bonchev–Trinajstić information content (AvgIpc) is 2.47. The van der Waals surface area contributed by atoms with Crippen molar-refractivity contribution < 1.29 is 14.6 Å². The number of pyridine rings is 1. The summed E-state index contributed by atoms with van der Waals surface area (Å²) in [6.07, 6.45) is -0.170. The van der Waals surface area contributed by atoms with Crippen LogP contribution in [0.15, 0.2) is 42.5 Å². The SMILES string of the molecule is CC(C)OC(=O)c1cccc(-c2ccc(CO)cc2)n1. The van der Waals surface area contributed by atoms with Gasteiger partial charge in [-0.25, -0.2) is 9.78 Å². The maximum Gasteiger partial charge on any atom is 0.357 e. The molecule has 2 rings (SSSR count). The molecular formula is C16H17NO3. The topological polar surface area (TPSA) is 59.4 Å². The highest BCUT2D eigenvalue weighted by atomic mass is 16.5. The molecule has 0 spiro atoms. The second-order valence-corrected chi connectivity index (χ2v) is 4.72. The molecule has 4 heteroatoms. The standard InChI is InChI=1S/C16H17NO3/c1-11(2)20-16(19)15-5-3-4-14(17-15)13-8-6-12(10-18)7-9-13/h3-9,11,18H,10H2,1-2H3. The van der Waals surface area contributed by atoms with Crippen molar-refractivity contribution in [3.63, 3.8) is 0 Å². The fourth-order valence-electron chi connectivity index (χ4n) is 1.76. The molecule has 0 amide bonds. The van der Waals surface area contributed by atoms with Crippen LogP contribution in [0.2, 0.25) is 0 Å². The minimum Gasteiger partial charge on any atom is -0.458 e. The van der Waals surface area contributed by atoms with E-state index in [1.54, 1.807) is 26.0 Å². The molecule has 1 heterocycles. The van der Waals surface area contributed by atoms with Gasteiger partial charge in [0.15, 0.2) is 0 Å². The summed E-state index contributed by atoms with van der Waals surface area (Å²) in [5, 5.41) is 9.02. The van der Waals surface area contributed by atoms with E-state index in [4.69, 9.17) is 9.84 Å². The monoisotopic (exact) mass is 271 g/mol. The van der Waals surface area contributed by atoms with Crippen molar-refractivity contribution >= 4 is 5.97 Å². The van der Waals surface area contributed by atoms with Gasteiger partial charge in [0.2, 0.25) is 0 Å². The first kappa shape index (κ1) is 14.2. The van der Waals surface area contributed by atoms with Crippen LogP contribution in [0, 0.1) is 0 Å². The van der Waals surface area contributed by atoms with E-state index in [9.17, 15) is 4.79 Å². The highest BCUT2D eigenvalue weighted by Gasteiger charge is 2.11. The average molecular weight is 271 g/mol. The zero-order valence-electron chi connectivity index (χ0n) is 11.5. The Bertz CT molecular complexity index is 591. The molecule has 0 radical (unpaired) electrons. The van der Waals surface area contributed by atoms with Gasteiger partial charge in [-0.05, 0) is 31.5 Å². The molecule has 4 nitrogen and oxygen atoms in total. The van der Waals surface area contributed by atoms with Crippen LogP contribution < -0.4 is 0 Å². The van der Waals surface area contributed by atoms with E-state index in [2.05, 4.69) is 4.98 Å². The predicted octanol–water partition coefficient (Wildman–Crippen LogP) is 2.81. The van der Waals surface area contributed by atoms with Crippen LogP contribution in [0.1, 0.15) is 29.9 Å². The summed E-state index contributed by atoms with van der Waals surface area (Å²) in [5.74, 6) is -0.422. The summed E-state index contributed by atoms with van der Waals surface area (Å²) in [6, 6.07) is 12.6. The summed E-state index contributed by atoms with van der Waals surface area (Å²) < 4.78 is 5.13.